The van der Waals surface area contributed by atoms with Gasteiger partial charge in [-0.1, -0.05) is 18.2 Å². The summed E-state index contributed by atoms with van der Waals surface area (Å²) < 4.78 is 0. The molecular weight excluding hydrogens is 218 g/mol. The van der Waals surface area contributed by atoms with Gasteiger partial charge in [-0.15, -0.1) is 0 Å². The third-order valence-electron chi connectivity index (χ3n) is 2.20. The smallest absolute Gasteiger partial charge is 0.335 e. The lowest BCUT2D eigenvalue weighted by atomic mass is 10.1. The third kappa shape index (κ3) is 4.10. The molecule has 1 amide bonds. The summed E-state index contributed by atoms with van der Waals surface area (Å²) in [5, 5.41) is 11.5. The molecule has 0 bridgehead atoms. The van der Waals surface area contributed by atoms with Crippen molar-refractivity contribution < 1.29 is 14.7 Å². The fraction of sp³-hybridized carbons (Fsp3) is 0.231. The lowest BCUT2D eigenvalue weighted by Gasteiger charge is -2.04. The van der Waals surface area contributed by atoms with Crippen molar-refractivity contribution in [1.82, 2.24) is 5.32 Å². The third-order valence-corrected chi connectivity index (χ3v) is 2.20. The Morgan fingerprint density at radius 3 is 2.71 bits per heavy atom. The van der Waals surface area contributed by atoms with Crippen LogP contribution in [0.1, 0.15) is 34.1 Å². The summed E-state index contributed by atoms with van der Waals surface area (Å²) in [7, 11) is 0. The molecule has 4 heteroatoms. The van der Waals surface area contributed by atoms with Crippen LogP contribution in [0, 0.1) is 0 Å². The fourth-order valence-corrected chi connectivity index (χ4v) is 1.33. The van der Waals surface area contributed by atoms with Crippen LogP contribution in [0.3, 0.4) is 0 Å². The quantitative estimate of drug-likeness (QED) is 0.604. The van der Waals surface area contributed by atoms with Gasteiger partial charge in [0.1, 0.15) is 0 Å². The highest BCUT2D eigenvalue weighted by molar-refractivity contribution is 5.97. The van der Waals surface area contributed by atoms with E-state index in [1.807, 2.05) is 19.1 Å². The van der Waals surface area contributed by atoms with Crippen LogP contribution in [0.15, 0.2) is 36.4 Å². The lowest BCUT2D eigenvalue weighted by molar-refractivity contribution is 0.0697. The number of amides is 1. The van der Waals surface area contributed by atoms with Gasteiger partial charge in [0, 0.05) is 12.1 Å². The van der Waals surface area contributed by atoms with Crippen molar-refractivity contribution in [1.29, 1.82) is 0 Å². The second-order valence-corrected chi connectivity index (χ2v) is 3.50. The van der Waals surface area contributed by atoms with Gasteiger partial charge in [-0.05, 0) is 31.5 Å². The van der Waals surface area contributed by atoms with Gasteiger partial charge in [0.25, 0.3) is 5.91 Å². The molecule has 0 radical (unpaired) electrons. The first-order valence-corrected chi connectivity index (χ1v) is 5.38. The van der Waals surface area contributed by atoms with E-state index in [-0.39, 0.29) is 11.5 Å². The van der Waals surface area contributed by atoms with Crippen molar-refractivity contribution in [3.8, 4) is 0 Å². The van der Waals surface area contributed by atoms with Crippen LogP contribution in [-0.4, -0.2) is 23.5 Å². The molecule has 17 heavy (non-hydrogen) atoms. The van der Waals surface area contributed by atoms with Gasteiger partial charge in [0.15, 0.2) is 0 Å². The van der Waals surface area contributed by atoms with E-state index in [2.05, 4.69) is 5.32 Å². The molecule has 1 rings (SSSR count). The Bertz CT molecular complexity index is 438. The summed E-state index contributed by atoms with van der Waals surface area (Å²) in [5.74, 6) is -1.29. The van der Waals surface area contributed by atoms with E-state index in [0.29, 0.717) is 12.1 Å². The fourth-order valence-electron chi connectivity index (χ4n) is 1.33. The SMILES string of the molecule is C/C=C/CCNC(=O)c1cccc(C(=O)O)c1. The molecule has 0 fully saturated rings. The molecule has 0 atom stereocenters. The molecular formula is C13H15NO3. The highest BCUT2D eigenvalue weighted by Gasteiger charge is 2.08. The first-order valence-electron chi connectivity index (χ1n) is 5.38. The zero-order valence-corrected chi connectivity index (χ0v) is 9.64. The molecule has 0 aliphatic carbocycles. The average molecular weight is 233 g/mol. The molecule has 0 spiro atoms. The van der Waals surface area contributed by atoms with Crippen LogP contribution >= 0.6 is 0 Å². The topological polar surface area (TPSA) is 66.4 Å². The largest absolute Gasteiger partial charge is 0.478 e. The van der Waals surface area contributed by atoms with Crippen molar-refractivity contribution in [2.75, 3.05) is 6.54 Å². The van der Waals surface area contributed by atoms with Gasteiger partial charge in [0.2, 0.25) is 0 Å². The molecule has 0 aliphatic rings. The second kappa shape index (κ2) is 6.48. The van der Waals surface area contributed by atoms with E-state index >= 15 is 0 Å². The zero-order valence-electron chi connectivity index (χ0n) is 9.64. The number of hydrogen-bond acceptors (Lipinski definition) is 2. The molecule has 1 aromatic rings. The van der Waals surface area contributed by atoms with Gasteiger partial charge in [-0.2, -0.15) is 0 Å². The van der Waals surface area contributed by atoms with Crippen molar-refractivity contribution in [2.24, 2.45) is 0 Å². The van der Waals surface area contributed by atoms with Gasteiger partial charge < -0.3 is 10.4 Å². The van der Waals surface area contributed by atoms with Crippen LogP contribution in [0.4, 0.5) is 0 Å². The number of nitrogens with one attached hydrogen (secondary N) is 1. The molecule has 0 aromatic heterocycles. The van der Waals surface area contributed by atoms with E-state index in [1.54, 1.807) is 12.1 Å². The summed E-state index contributed by atoms with van der Waals surface area (Å²) >= 11 is 0. The Morgan fingerprint density at radius 2 is 2.06 bits per heavy atom. The van der Waals surface area contributed by atoms with Crippen LogP contribution in [0.2, 0.25) is 0 Å². The maximum Gasteiger partial charge on any atom is 0.335 e. The van der Waals surface area contributed by atoms with Crippen molar-refractivity contribution in [3.05, 3.63) is 47.5 Å². The monoisotopic (exact) mass is 233 g/mol. The number of allylic oxidation sites excluding steroid dienone is 1. The lowest BCUT2D eigenvalue weighted by Crippen LogP contribution is -2.24. The highest BCUT2D eigenvalue weighted by Crippen LogP contribution is 2.05. The Labute approximate surface area is 100.0 Å². The predicted molar refractivity (Wildman–Crippen MR) is 65.2 cm³/mol. The van der Waals surface area contributed by atoms with Gasteiger partial charge in [0.05, 0.1) is 5.56 Å². The number of carbonyl (C=O) groups excluding carboxylic acids is 1. The zero-order chi connectivity index (χ0) is 12.7. The molecule has 0 aliphatic heterocycles. The standard InChI is InChI=1S/C13H15NO3/c1-2-3-4-8-14-12(15)10-6-5-7-11(9-10)13(16)17/h2-3,5-7,9H,4,8H2,1H3,(H,14,15)(H,16,17)/b3-2+. The maximum atomic E-state index is 11.7. The minimum Gasteiger partial charge on any atom is -0.478 e. The molecule has 4 nitrogen and oxygen atoms in total. The molecule has 0 saturated carbocycles. The second-order valence-electron chi connectivity index (χ2n) is 3.50. The molecule has 90 valence electrons. The number of carbonyl (C=O) groups is 2. The molecule has 2 N–H and O–H groups in total. The van der Waals surface area contributed by atoms with Crippen LogP contribution in [-0.2, 0) is 0 Å². The van der Waals surface area contributed by atoms with E-state index in [4.69, 9.17) is 5.11 Å². The normalized spacial score (nSPS) is 10.4. The summed E-state index contributed by atoms with van der Waals surface area (Å²) in [6.45, 7) is 2.46. The van der Waals surface area contributed by atoms with E-state index < -0.39 is 5.97 Å². The van der Waals surface area contributed by atoms with Crippen LogP contribution < -0.4 is 5.32 Å². The van der Waals surface area contributed by atoms with Crippen LogP contribution in [0.5, 0.6) is 0 Å². The Kier molecular flexibility index (Phi) is 4.94. The highest BCUT2D eigenvalue weighted by atomic mass is 16.4. The van der Waals surface area contributed by atoms with Crippen molar-refractivity contribution >= 4 is 11.9 Å². The number of carboxylic acid groups (broad SMARTS) is 1. The van der Waals surface area contributed by atoms with Gasteiger partial charge >= 0.3 is 5.97 Å². The number of hydrogen-bond donors (Lipinski definition) is 2. The first kappa shape index (κ1) is 13.0. The molecule has 0 saturated heterocycles. The summed E-state index contributed by atoms with van der Waals surface area (Å²) in [4.78, 5) is 22.4. The van der Waals surface area contributed by atoms with Crippen molar-refractivity contribution in [2.45, 2.75) is 13.3 Å². The number of carboxylic acids is 1. The summed E-state index contributed by atoms with van der Waals surface area (Å²) in [6.07, 6.45) is 4.63. The Morgan fingerprint density at radius 1 is 1.35 bits per heavy atom. The number of benzene rings is 1. The Hall–Kier alpha value is -2.10. The molecule has 1 aromatic carbocycles. The molecule has 0 unspecified atom stereocenters. The van der Waals surface area contributed by atoms with E-state index in [0.717, 1.165) is 6.42 Å². The number of aromatic carboxylic acids is 1. The Balaban J connectivity index is 2.62. The van der Waals surface area contributed by atoms with E-state index in [9.17, 15) is 9.59 Å². The predicted octanol–water partition coefficient (Wildman–Crippen LogP) is 2.08. The van der Waals surface area contributed by atoms with Gasteiger partial charge in [-0.3, -0.25) is 4.79 Å². The summed E-state index contributed by atoms with van der Waals surface area (Å²) in [6, 6.07) is 5.98. The minimum absolute atomic E-state index is 0.117. The first-order chi connectivity index (χ1) is 8.15. The van der Waals surface area contributed by atoms with Crippen molar-refractivity contribution in [3.63, 3.8) is 0 Å². The molecule has 0 heterocycles. The number of rotatable bonds is 5. The summed E-state index contributed by atoms with van der Waals surface area (Å²) in [5.41, 5.74) is 0.483. The minimum atomic E-state index is -1.03. The van der Waals surface area contributed by atoms with Crippen LogP contribution in [0.25, 0.3) is 0 Å². The maximum absolute atomic E-state index is 11.7. The van der Waals surface area contributed by atoms with Gasteiger partial charge in [-0.25, -0.2) is 4.79 Å². The average Bonchev–Trinajstić information content (AvgIpc) is 2.34. The van der Waals surface area contributed by atoms with E-state index in [1.165, 1.54) is 12.1 Å².